The predicted molar refractivity (Wildman–Crippen MR) is 56.8 cm³/mol. The van der Waals surface area contributed by atoms with Gasteiger partial charge in [-0.25, -0.2) is 4.68 Å². The molecule has 0 unspecified atom stereocenters. The average molecular weight is 198 g/mol. The number of aryl methyl sites for hydroxylation is 1. The number of hydrogen-bond acceptors (Lipinski definition) is 3. The lowest BCUT2D eigenvalue weighted by molar-refractivity contribution is 0.821. The molecule has 3 rings (SSSR count). The second kappa shape index (κ2) is 3.02. The predicted octanol–water partition coefficient (Wildman–Crippen LogP) is 1.40. The Morgan fingerprint density at radius 2 is 1.93 bits per heavy atom. The summed E-state index contributed by atoms with van der Waals surface area (Å²) in [5.41, 5.74) is 2.21. The fourth-order valence-electron chi connectivity index (χ4n) is 1.74. The minimum atomic E-state index is 0.769. The molecule has 15 heavy (non-hydrogen) atoms. The molecule has 0 aliphatic carbocycles. The van der Waals surface area contributed by atoms with Crippen LogP contribution in [0.25, 0.3) is 0 Å². The summed E-state index contributed by atoms with van der Waals surface area (Å²) in [6.07, 6.45) is 0.769. The lowest BCUT2D eigenvalue weighted by atomic mass is 10.1. The van der Waals surface area contributed by atoms with Crippen molar-refractivity contribution in [1.82, 2.24) is 14.9 Å². The molecule has 0 spiro atoms. The molecule has 0 radical (unpaired) electrons. The molecule has 1 aliphatic rings. The summed E-state index contributed by atoms with van der Waals surface area (Å²) in [5.74, 6) is 1.77. The van der Waals surface area contributed by atoms with Crippen LogP contribution in [0, 0.1) is 6.92 Å². The topological polar surface area (TPSA) is 43.1 Å². The van der Waals surface area contributed by atoms with Gasteiger partial charge in [0.25, 0.3) is 0 Å². The Morgan fingerprint density at radius 3 is 2.67 bits per heavy atom. The van der Waals surface area contributed by atoms with E-state index < -0.39 is 0 Å². The van der Waals surface area contributed by atoms with Crippen molar-refractivity contribution in [2.45, 2.75) is 13.3 Å². The van der Waals surface area contributed by atoms with E-state index in [0.29, 0.717) is 0 Å². The van der Waals surface area contributed by atoms with Crippen molar-refractivity contribution in [3.63, 3.8) is 0 Å². The van der Waals surface area contributed by atoms with Gasteiger partial charge in [-0.15, -0.1) is 10.2 Å². The third-order valence-corrected chi connectivity index (χ3v) is 2.51. The molecule has 1 aromatic carbocycles. The standard InChI is InChI=1S/C11H10N4/c1-8-12-13-11-7-10(14-15(8)11)9-5-3-2-4-6-9/h2-6H,7H2,1H3. The van der Waals surface area contributed by atoms with E-state index in [1.807, 2.05) is 29.8 Å². The Morgan fingerprint density at radius 1 is 1.13 bits per heavy atom. The highest BCUT2D eigenvalue weighted by atomic mass is 15.5. The number of fused-ring (bicyclic) bond motifs is 1. The lowest BCUT2D eigenvalue weighted by Gasteiger charge is -1.97. The molecule has 1 aliphatic heterocycles. The molecule has 0 saturated heterocycles. The summed E-state index contributed by atoms with van der Waals surface area (Å²) in [5, 5.41) is 12.5. The summed E-state index contributed by atoms with van der Waals surface area (Å²) in [6.45, 7) is 1.91. The molecule has 4 heteroatoms. The molecule has 0 fully saturated rings. The van der Waals surface area contributed by atoms with Gasteiger partial charge in [0.1, 0.15) is 0 Å². The van der Waals surface area contributed by atoms with Crippen molar-refractivity contribution in [1.29, 1.82) is 0 Å². The van der Waals surface area contributed by atoms with E-state index in [4.69, 9.17) is 0 Å². The van der Waals surface area contributed by atoms with Gasteiger partial charge in [-0.3, -0.25) is 0 Å². The molecule has 0 N–H and O–H groups in total. The normalized spacial score (nSPS) is 13.8. The van der Waals surface area contributed by atoms with Crippen LogP contribution in [0.1, 0.15) is 17.2 Å². The first-order valence-corrected chi connectivity index (χ1v) is 4.89. The van der Waals surface area contributed by atoms with Crippen molar-refractivity contribution in [2.75, 3.05) is 0 Å². The van der Waals surface area contributed by atoms with E-state index >= 15 is 0 Å². The Hall–Kier alpha value is -1.97. The summed E-state index contributed by atoms with van der Waals surface area (Å²) in [4.78, 5) is 0. The molecule has 0 atom stereocenters. The Balaban J connectivity index is 2.04. The fourth-order valence-corrected chi connectivity index (χ4v) is 1.74. The molecular weight excluding hydrogens is 188 g/mol. The van der Waals surface area contributed by atoms with E-state index in [0.717, 1.165) is 29.3 Å². The van der Waals surface area contributed by atoms with Gasteiger partial charge in [-0.1, -0.05) is 30.3 Å². The minimum absolute atomic E-state index is 0.769. The zero-order valence-electron chi connectivity index (χ0n) is 8.38. The first kappa shape index (κ1) is 8.35. The Bertz CT molecular complexity index is 525. The van der Waals surface area contributed by atoms with Gasteiger partial charge in [-0.2, -0.15) is 5.10 Å². The highest BCUT2D eigenvalue weighted by Gasteiger charge is 2.19. The van der Waals surface area contributed by atoms with Crippen LogP contribution in [-0.4, -0.2) is 20.6 Å². The van der Waals surface area contributed by atoms with Crippen molar-refractivity contribution >= 4 is 5.71 Å². The van der Waals surface area contributed by atoms with Gasteiger partial charge in [0.2, 0.25) is 0 Å². The van der Waals surface area contributed by atoms with Crippen LogP contribution >= 0.6 is 0 Å². The van der Waals surface area contributed by atoms with Crippen molar-refractivity contribution in [3.8, 4) is 0 Å². The van der Waals surface area contributed by atoms with Crippen LogP contribution in [0.15, 0.2) is 35.4 Å². The van der Waals surface area contributed by atoms with Gasteiger partial charge in [0, 0.05) is 0 Å². The van der Waals surface area contributed by atoms with Crippen LogP contribution in [0.4, 0.5) is 0 Å². The zero-order chi connectivity index (χ0) is 10.3. The van der Waals surface area contributed by atoms with E-state index in [2.05, 4.69) is 27.4 Å². The molecule has 0 amide bonds. The maximum Gasteiger partial charge on any atom is 0.160 e. The summed E-state index contributed by atoms with van der Waals surface area (Å²) >= 11 is 0. The molecule has 1 aromatic heterocycles. The molecule has 74 valence electrons. The maximum absolute atomic E-state index is 4.49. The average Bonchev–Trinajstić information content (AvgIpc) is 2.83. The molecule has 2 aromatic rings. The minimum Gasteiger partial charge on any atom is -0.201 e. The first-order chi connectivity index (χ1) is 7.34. The quantitative estimate of drug-likeness (QED) is 0.695. The number of benzene rings is 1. The van der Waals surface area contributed by atoms with E-state index in [-0.39, 0.29) is 0 Å². The van der Waals surface area contributed by atoms with Gasteiger partial charge < -0.3 is 0 Å². The SMILES string of the molecule is Cc1nnc2n1N=C(c1ccccc1)C2. The Kier molecular flexibility index (Phi) is 1.68. The van der Waals surface area contributed by atoms with Gasteiger partial charge in [0.05, 0.1) is 12.1 Å². The third kappa shape index (κ3) is 1.26. The van der Waals surface area contributed by atoms with Crippen molar-refractivity contribution in [2.24, 2.45) is 5.10 Å². The maximum atomic E-state index is 4.49. The number of aromatic nitrogens is 3. The molecule has 4 nitrogen and oxygen atoms in total. The van der Waals surface area contributed by atoms with Gasteiger partial charge >= 0.3 is 0 Å². The Labute approximate surface area is 87.3 Å². The second-order valence-electron chi connectivity index (χ2n) is 3.56. The number of nitrogens with zero attached hydrogens (tertiary/aromatic N) is 4. The smallest absolute Gasteiger partial charge is 0.160 e. The van der Waals surface area contributed by atoms with Gasteiger partial charge in [-0.05, 0) is 12.5 Å². The largest absolute Gasteiger partial charge is 0.201 e. The molecule has 0 bridgehead atoms. The van der Waals surface area contributed by atoms with E-state index in [1.54, 1.807) is 0 Å². The number of rotatable bonds is 1. The second-order valence-corrected chi connectivity index (χ2v) is 3.56. The fraction of sp³-hybridized carbons (Fsp3) is 0.182. The lowest BCUT2D eigenvalue weighted by Crippen LogP contribution is -2.00. The van der Waals surface area contributed by atoms with Crippen LogP contribution in [0.3, 0.4) is 0 Å². The first-order valence-electron chi connectivity index (χ1n) is 4.89. The zero-order valence-corrected chi connectivity index (χ0v) is 8.38. The van der Waals surface area contributed by atoms with Crippen molar-refractivity contribution in [3.05, 3.63) is 47.5 Å². The highest BCUT2D eigenvalue weighted by Crippen LogP contribution is 2.15. The van der Waals surface area contributed by atoms with Crippen molar-refractivity contribution < 1.29 is 0 Å². The molecular formula is C11H10N4. The summed E-state index contributed by atoms with van der Waals surface area (Å²) < 4.78 is 1.81. The van der Waals surface area contributed by atoms with Crippen LogP contribution in [0.5, 0.6) is 0 Å². The van der Waals surface area contributed by atoms with Crippen LogP contribution in [-0.2, 0) is 6.42 Å². The number of hydrogen-bond donors (Lipinski definition) is 0. The van der Waals surface area contributed by atoms with Gasteiger partial charge in [0.15, 0.2) is 11.6 Å². The van der Waals surface area contributed by atoms with Crippen LogP contribution in [0.2, 0.25) is 0 Å². The van der Waals surface area contributed by atoms with E-state index in [9.17, 15) is 0 Å². The monoisotopic (exact) mass is 198 g/mol. The molecule has 2 heterocycles. The highest BCUT2D eigenvalue weighted by molar-refractivity contribution is 6.02. The van der Waals surface area contributed by atoms with Crippen LogP contribution < -0.4 is 0 Å². The summed E-state index contributed by atoms with van der Waals surface area (Å²) in [7, 11) is 0. The third-order valence-electron chi connectivity index (χ3n) is 2.51. The summed E-state index contributed by atoms with van der Waals surface area (Å²) in [6, 6.07) is 10.2. The molecule has 0 saturated carbocycles. The van der Waals surface area contributed by atoms with E-state index in [1.165, 1.54) is 0 Å².